The molecule has 1 aliphatic heterocycles. The molecule has 36 heavy (non-hydrogen) atoms. The Morgan fingerprint density at radius 3 is 1.72 bits per heavy atom. The second-order valence-electron chi connectivity index (χ2n) is 8.82. The van der Waals surface area contributed by atoms with E-state index < -0.39 is 41.7 Å². The first-order chi connectivity index (χ1) is 17.5. The number of hydrogen-bond acceptors (Lipinski definition) is 7. The van der Waals surface area contributed by atoms with Gasteiger partial charge in [0.05, 0.1) is 12.0 Å². The molecule has 0 spiro atoms. The Labute approximate surface area is 207 Å². The molecule has 1 saturated heterocycles. The second kappa shape index (κ2) is 9.33. The van der Waals surface area contributed by atoms with Crippen molar-refractivity contribution in [2.75, 3.05) is 12.3 Å². The quantitative estimate of drug-likeness (QED) is 0.305. The van der Waals surface area contributed by atoms with Gasteiger partial charge in [-0.25, -0.2) is 4.79 Å². The van der Waals surface area contributed by atoms with Crippen LogP contribution in [0.4, 0.5) is 5.82 Å². The van der Waals surface area contributed by atoms with E-state index in [1.807, 2.05) is 91.0 Å². The van der Waals surface area contributed by atoms with Crippen molar-refractivity contribution < 1.29 is 20.1 Å². The topological polar surface area (TPSA) is 131 Å². The number of nitrogen functional groups attached to an aromatic ring is 1. The third kappa shape index (κ3) is 3.38. The van der Waals surface area contributed by atoms with Gasteiger partial charge in [-0.15, -0.1) is 0 Å². The maximum absolute atomic E-state index is 13.5. The van der Waals surface area contributed by atoms with E-state index in [9.17, 15) is 20.1 Å². The number of rotatable bonds is 6. The predicted molar refractivity (Wildman–Crippen MR) is 134 cm³/mol. The van der Waals surface area contributed by atoms with E-state index in [-0.39, 0.29) is 5.82 Å². The highest BCUT2D eigenvalue weighted by Gasteiger charge is 2.68. The minimum Gasteiger partial charge on any atom is -0.394 e. The van der Waals surface area contributed by atoms with Crippen molar-refractivity contribution in [2.24, 2.45) is 0 Å². The first kappa shape index (κ1) is 23.9. The van der Waals surface area contributed by atoms with Crippen LogP contribution in [0.3, 0.4) is 0 Å². The van der Waals surface area contributed by atoms with E-state index in [2.05, 4.69) is 4.98 Å². The van der Waals surface area contributed by atoms with E-state index >= 15 is 0 Å². The van der Waals surface area contributed by atoms with Crippen molar-refractivity contribution in [2.45, 2.75) is 29.5 Å². The molecule has 0 bridgehead atoms. The lowest BCUT2D eigenvalue weighted by Gasteiger charge is -2.51. The summed E-state index contributed by atoms with van der Waals surface area (Å²) in [5.74, 6) is 0.00266. The second-order valence-corrected chi connectivity index (χ2v) is 8.82. The van der Waals surface area contributed by atoms with Crippen molar-refractivity contribution in [3.63, 3.8) is 0 Å². The zero-order chi connectivity index (χ0) is 25.3. The van der Waals surface area contributed by atoms with Crippen LogP contribution in [0, 0.1) is 0 Å². The summed E-state index contributed by atoms with van der Waals surface area (Å²) in [4.78, 5) is 17.4. The molecular weight excluding hydrogens is 458 g/mol. The number of aliphatic hydroxyl groups is 3. The zero-order valence-electron chi connectivity index (χ0n) is 19.4. The van der Waals surface area contributed by atoms with Crippen LogP contribution in [0.5, 0.6) is 0 Å². The Morgan fingerprint density at radius 2 is 1.33 bits per heavy atom. The third-order valence-corrected chi connectivity index (χ3v) is 6.96. The first-order valence-electron chi connectivity index (χ1n) is 11.6. The van der Waals surface area contributed by atoms with E-state index in [0.29, 0.717) is 16.7 Å². The zero-order valence-corrected chi connectivity index (χ0v) is 19.4. The van der Waals surface area contributed by atoms with E-state index in [0.717, 1.165) is 0 Å². The summed E-state index contributed by atoms with van der Waals surface area (Å²) in [5, 5.41) is 33.1. The van der Waals surface area contributed by atoms with Crippen molar-refractivity contribution >= 4 is 5.82 Å². The van der Waals surface area contributed by atoms with Gasteiger partial charge >= 0.3 is 5.69 Å². The highest BCUT2D eigenvalue weighted by atomic mass is 16.6. The summed E-state index contributed by atoms with van der Waals surface area (Å²) in [5.41, 5.74) is 3.75. The molecule has 1 fully saturated rings. The molecule has 4 aromatic rings. The van der Waals surface area contributed by atoms with E-state index in [1.165, 1.54) is 16.8 Å². The maximum atomic E-state index is 13.5. The van der Waals surface area contributed by atoms with Gasteiger partial charge < -0.3 is 25.8 Å². The van der Waals surface area contributed by atoms with Crippen LogP contribution in [0.25, 0.3) is 0 Å². The lowest BCUT2D eigenvalue weighted by Crippen LogP contribution is -2.64. The van der Waals surface area contributed by atoms with Gasteiger partial charge in [0.2, 0.25) is 0 Å². The highest BCUT2D eigenvalue weighted by molar-refractivity contribution is 5.54. The van der Waals surface area contributed by atoms with E-state index in [4.69, 9.17) is 10.5 Å². The predicted octanol–water partition coefficient (Wildman–Crippen LogP) is 1.63. The Kier molecular flexibility index (Phi) is 6.19. The minimum atomic E-state index is -1.97. The van der Waals surface area contributed by atoms with Crippen molar-refractivity contribution in [1.29, 1.82) is 0 Å². The minimum absolute atomic E-state index is 0.00266. The molecule has 5 rings (SSSR count). The molecule has 0 unspecified atom stereocenters. The molecule has 3 aromatic carbocycles. The average Bonchev–Trinajstić information content (AvgIpc) is 3.17. The molecule has 8 nitrogen and oxygen atoms in total. The van der Waals surface area contributed by atoms with Crippen LogP contribution in [0.15, 0.2) is 108 Å². The highest BCUT2D eigenvalue weighted by Crippen LogP contribution is 2.56. The normalized spacial score (nSPS) is 24.0. The first-order valence-corrected chi connectivity index (χ1v) is 11.6. The van der Waals surface area contributed by atoms with Gasteiger partial charge in [0, 0.05) is 6.20 Å². The molecule has 0 aliphatic carbocycles. The maximum Gasteiger partial charge on any atom is 0.351 e. The SMILES string of the molecule is Nc1ccn([C@]2(C(c3ccccc3)(c3ccccc3)c3ccccc3)O[C@H](CO)[C@@H](O)[C@H]2O)c(=O)n1. The van der Waals surface area contributed by atoms with Gasteiger partial charge in [0.15, 0.2) is 5.72 Å². The van der Waals surface area contributed by atoms with Crippen LogP contribution >= 0.6 is 0 Å². The number of nitrogens with zero attached hydrogens (tertiary/aromatic N) is 2. The number of hydrogen-bond donors (Lipinski definition) is 4. The van der Waals surface area contributed by atoms with Gasteiger partial charge in [-0.3, -0.25) is 4.57 Å². The summed E-state index contributed by atoms with van der Waals surface area (Å²) in [6, 6.07) is 29.5. The Morgan fingerprint density at radius 1 is 0.861 bits per heavy atom. The summed E-state index contributed by atoms with van der Waals surface area (Å²) in [6.07, 6.45) is -2.93. The molecule has 184 valence electrons. The molecule has 5 N–H and O–H groups in total. The van der Waals surface area contributed by atoms with Crippen LogP contribution in [-0.2, 0) is 15.9 Å². The van der Waals surface area contributed by atoms with Crippen LogP contribution in [0.1, 0.15) is 16.7 Å². The lowest BCUT2D eigenvalue weighted by atomic mass is 9.60. The largest absolute Gasteiger partial charge is 0.394 e. The number of benzene rings is 3. The van der Waals surface area contributed by atoms with E-state index in [1.54, 1.807) is 0 Å². The number of anilines is 1. The standard InChI is InChI=1S/C28H27N3O5/c29-23-16-17-31(26(35)30-23)28(25(34)24(33)22(18-32)36-28)27(19-10-4-1-5-11-19,20-12-6-2-7-13-20)21-14-8-3-9-15-21/h1-17,22,24-25,32-34H,18H2,(H2,29,30,35)/t22-,24-,25-,28+/m1/s1. The lowest BCUT2D eigenvalue weighted by molar-refractivity contribution is -0.180. The third-order valence-electron chi connectivity index (χ3n) is 6.96. The molecular formula is C28H27N3O5. The monoisotopic (exact) mass is 485 g/mol. The summed E-state index contributed by atoms with van der Waals surface area (Å²) in [7, 11) is 0. The number of nitrogens with two attached hydrogens (primary N) is 1. The van der Waals surface area contributed by atoms with Crippen molar-refractivity contribution in [3.8, 4) is 0 Å². The Balaban J connectivity index is 2.02. The molecule has 1 aliphatic rings. The van der Waals surface area contributed by atoms with Gasteiger partial charge in [0.1, 0.15) is 24.1 Å². The molecule has 0 radical (unpaired) electrons. The Bertz CT molecular complexity index is 1280. The van der Waals surface area contributed by atoms with Gasteiger partial charge in [-0.2, -0.15) is 4.98 Å². The molecule has 1 aromatic heterocycles. The smallest absolute Gasteiger partial charge is 0.351 e. The Hall–Kier alpha value is -3.82. The fourth-order valence-electron chi connectivity index (χ4n) is 5.49. The fourth-order valence-corrected chi connectivity index (χ4v) is 5.49. The van der Waals surface area contributed by atoms with Crippen LogP contribution < -0.4 is 11.4 Å². The van der Waals surface area contributed by atoms with Gasteiger partial charge in [0.25, 0.3) is 0 Å². The molecule has 4 atom stereocenters. The van der Waals surface area contributed by atoms with Gasteiger partial charge in [-0.1, -0.05) is 91.0 Å². The molecule has 8 heteroatoms. The number of aromatic nitrogens is 2. The van der Waals surface area contributed by atoms with Crippen LogP contribution in [-0.4, -0.2) is 49.8 Å². The summed E-state index contributed by atoms with van der Waals surface area (Å²) in [6.45, 7) is -0.578. The van der Waals surface area contributed by atoms with Crippen molar-refractivity contribution in [1.82, 2.24) is 9.55 Å². The summed E-state index contributed by atoms with van der Waals surface area (Å²) >= 11 is 0. The summed E-state index contributed by atoms with van der Waals surface area (Å²) < 4.78 is 7.67. The van der Waals surface area contributed by atoms with Gasteiger partial charge in [-0.05, 0) is 22.8 Å². The molecule has 0 saturated carbocycles. The van der Waals surface area contributed by atoms with Crippen LogP contribution in [0.2, 0.25) is 0 Å². The fraction of sp³-hybridized carbons (Fsp3) is 0.214. The molecule has 0 amide bonds. The number of ether oxygens (including phenoxy) is 1. The molecule has 2 heterocycles. The average molecular weight is 486 g/mol. The van der Waals surface area contributed by atoms with Crippen molar-refractivity contribution in [3.05, 3.63) is 130 Å². The number of aliphatic hydroxyl groups excluding tert-OH is 3.